The second-order valence-corrected chi connectivity index (χ2v) is 4.43. The van der Waals surface area contributed by atoms with Crippen LogP contribution in [0.3, 0.4) is 0 Å². The number of nitrogens with two attached hydrogens (primary N) is 1. The summed E-state index contributed by atoms with van der Waals surface area (Å²) in [5.74, 6) is -0.528. The number of thioether (sulfide) groups is 1. The third-order valence-corrected chi connectivity index (χ3v) is 2.59. The molecule has 0 saturated carbocycles. The molecule has 3 nitrogen and oxygen atoms in total. The Bertz CT molecular complexity index is 412. The van der Waals surface area contributed by atoms with Crippen LogP contribution in [0, 0.1) is 0 Å². The van der Waals surface area contributed by atoms with Gasteiger partial charge in [0, 0.05) is 4.90 Å². The lowest BCUT2D eigenvalue weighted by Gasteiger charge is -2.13. The van der Waals surface area contributed by atoms with Crippen molar-refractivity contribution in [1.82, 2.24) is 0 Å². The lowest BCUT2D eigenvalue weighted by atomic mass is 10.3. The molecule has 3 N–H and O–H groups in total. The van der Waals surface area contributed by atoms with E-state index < -0.39 is 17.5 Å². The van der Waals surface area contributed by atoms with Gasteiger partial charge in [0.15, 0.2) is 0 Å². The van der Waals surface area contributed by atoms with Crippen LogP contribution in [-0.4, -0.2) is 17.5 Å². The summed E-state index contributed by atoms with van der Waals surface area (Å²) in [6, 6.07) is 4.91. The highest BCUT2D eigenvalue weighted by molar-refractivity contribution is 8.00. The van der Waals surface area contributed by atoms with Crippen LogP contribution in [-0.2, 0) is 4.79 Å². The van der Waals surface area contributed by atoms with Gasteiger partial charge in [0.25, 0.3) is 0 Å². The number of anilines is 1. The molecule has 0 aliphatic rings. The molecule has 8 heteroatoms. The number of halogens is 4. The molecule has 0 unspecified atom stereocenters. The Morgan fingerprint density at radius 1 is 1.39 bits per heavy atom. The van der Waals surface area contributed by atoms with Crippen LogP contribution in [0.15, 0.2) is 29.2 Å². The molecule has 0 fully saturated rings. The number of amides is 1. The maximum absolute atomic E-state index is 12.2. The first kappa shape index (κ1) is 17.1. The fourth-order valence-electron chi connectivity index (χ4n) is 1.03. The van der Waals surface area contributed by atoms with Crippen molar-refractivity contribution in [1.29, 1.82) is 0 Å². The number of carbonyl (C=O) groups is 1. The van der Waals surface area contributed by atoms with E-state index in [1.165, 1.54) is 31.2 Å². The van der Waals surface area contributed by atoms with Crippen molar-refractivity contribution in [2.75, 3.05) is 5.32 Å². The summed E-state index contributed by atoms with van der Waals surface area (Å²) in [4.78, 5) is 11.2. The lowest BCUT2D eigenvalue weighted by Crippen LogP contribution is -2.32. The number of hydrogen-bond acceptors (Lipinski definition) is 3. The molecule has 0 aliphatic carbocycles. The number of para-hydroxylation sites is 1. The summed E-state index contributed by atoms with van der Waals surface area (Å²) in [6.07, 6.45) is 0. The number of carbonyl (C=O) groups excluding carboxylic acids is 1. The van der Waals surface area contributed by atoms with Gasteiger partial charge in [-0.2, -0.15) is 13.2 Å². The van der Waals surface area contributed by atoms with Crippen LogP contribution >= 0.6 is 24.2 Å². The minimum atomic E-state index is -4.39. The Morgan fingerprint density at radius 3 is 2.44 bits per heavy atom. The van der Waals surface area contributed by atoms with Crippen molar-refractivity contribution in [3.63, 3.8) is 0 Å². The van der Waals surface area contributed by atoms with Crippen molar-refractivity contribution in [2.45, 2.75) is 23.4 Å². The predicted molar refractivity (Wildman–Crippen MR) is 67.9 cm³/mol. The number of alkyl halides is 3. The highest BCUT2D eigenvalue weighted by Gasteiger charge is 2.30. The summed E-state index contributed by atoms with van der Waals surface area (Å²) in [6.45, 7) is 1.45. The molecule has 102 valence electrons. The van der Waals surface area contributed by atoms with E-state index in [1.54, 1.807) is 0 Å². The van der Waals surface area contributed by atoms with Gasteiger partial charge < -0.3 is 11.1 Å². The minimum Gasteiger partial charge on any atom is -0.324 e. The van der Waals surface area contributed by atoms with Crippen molar-refractivity contribution >= 4 is 35.8 Å². The second-order valence-electron chi connectivity index (χ2n) is 3.32. The fourth-order valence-corrected chi connectivity index (χ4v) is 1.66. The van der Waals surface area contributed by atoms with E-state index in [0.717, 1.165) is 0 Å². The van der Waals surface area contributed by atoms with Crippen LogP contribution < -0.4 is 11.1 Å². The Hall–Kier alpha value is -0.920. The minimum absolute atomic E-state index is 0. The molecule has 1 atom stereocenters. The van der Waals surface area contributed by atoms with E-state index in [4.69, 9.17) is 5.73 Å². The normalized spacial score (nSPS) is 12.5. The Kier molecular flexibility index (Phi) is 6.51. The maximum atomic E-state index is 12.2. The smallest absolute Gasteiger partial charge is 0.324 e. The highest BCUT2D eigenvalue weighted by Crippen LogP contribution is 2.40. The van der Waals surface area contributed by atoms with E-state index >= 15 is 0 Å². The molecule has 1 aromatic carbocycles. The first-order chi connectivity index (χ1) is 7.79. The van der Waals surface area contributed by atoms with Crippen molar-refractivity contribution in [2.24, 2.45) is 5.73 Å². The zero-order chi connectivity index (χ0) is 13.1. The largest absolute Gasteiger partial charge is 0.446 e. The van der Waals surface area contributed by atoms with Crippen LogP contribution in [0.2, 0.25) is 0 Å². The number of rotatable bonds is 3. The van der Waals surface area contributed by atoms with Crippen molar-refractivity contribution in [3.8, 4) is 0 Å². The molecule has 0 radical (unpaired) electrons. The first-order valence-electron chi connectivity index (χ1n) is 4.71. The van der Waals surface area contributed by atoms with Crippen LogP contribution in [0.1, 0.15) is 6.92 Å². The molecule has 18 heavy (non-hydrogen) atoms. The topological polar surface area (TPSA) is 55.1 Å². The molecular formula is C10H12ClF3N2OS. The zero-order valence-electron chi connectivity index (χ0n) is 9.32. The zero-order valence-corrected chi connectivity index (χ0v) is 11.0. The Morgan fingerprint density at radius 2 is 1.94 bits per heavy atom. The van der Waals surface area contributed by atoms with Crippen LogP contribution in [0.25, 0.3) is 0 Å². The molecule has 1 amide bonds. The molecule has 0 saturated heterocycles. The molecule has 0 spiro atoms. The van der Waals surface area contributed by atoms with Gasteiger partial charge in [-0.15, -0.1) is 12.4 Å². The quantitative estimate of drug-likeness (QED) is 0.844. The SMILES string of the molecule is C[C@@H](N)C(=O)Nc1ccccc1SC(F)(F)F.Cl. The Balaban J connectivity index is 0.00000289. The molecule has 1 rings (SSSR count). The summed E-state index contributed by atoms with van der Waals surface area (Å²) >= 11 is -0.274. The number of hydrogen-bond donors (Lipinski definition) is 2. The van der Waals surface area contributed by atoms with Crippen LogP contribution in [0.4, 0.5) is 18.9 Å². The van der Waals surface area contributed by atoms with Crippen LogP contribution in [0.5, 0.6) is 0 Å². The van der Waals surface area contributed by atoms with Gasteiger partial charge in [0.1, 0.15) is 0 Å². The average Bonchev–Trinajstić information content (AvgIpc) is 2.18. The third-order valence-electron chi connectivity index (χ3n) is 1.78. The van der Waals surface area contributed by atoms with E-state index in [0.29, 0.717) is 0 Å². The third kappa shape index (κ3) is 5.61. The molecule has 1 aromatic rings. The van der Waals surface area contributed by atoms with Gasteiger partial charge in [0.2, 0.25) is 5.91 Å². The van der Waals surface area contributed by atoms with Crippen molar-refractivity contribution in [3.05, 3.63) is 24.3 Å². The summed E-state index contributed by atoms with van der Waals surface area (Å²) in [5.41, 5.74) is 1.03. The summed E-state index contributed by atoms with van der Waals surface area (Å²) in [5, 5.41) is 2.35. The molecule has 0 bridgehead atoms. The fraction of sp³-hybridized carbons (Fsp3) is 0.300. The van der Waals surface area contributed by atoms with Crippen molar-refractivity contribution < 1.29 is 18.0 Å². The summed E-state index contributed by atoms with van der Waals surface area (Å²) in [7, 11) is 0. The number of nitrogens with one attached hydrogen (secondary N) is 1. The molecule has 0 aliphatic heterocycles. The van der Waals surface area contributed by atoms with Gasteiger partial charge in [-0.25, -0.2) is 0 Å². The maximum Gasteiger partial charge on any atom is 0.446 e. The molecular weight excluding hydrogens is 289 g/mol. The average molecular weight is 301 g/mol. The van der Waals surface area contributed by atoms with Gasteiger partial charge in [-0.3, -0.25) is 4.79 Å². The second kappa shape index (κ2) is 6.86. The molecule has 0 aromatic heterocycles. The van der Waals surface area contributed by atoms with Gasteiger partial charge >= 0.3 is 5.51 Å². The molecule has 0 heterocycles. The standard InChI is InChI=1S/C10H11F3N2OS.ClH/c1-6(14)9(16)15-7-4-2-3-5-8(7)17-10(11,12)13;/h2-6H,14H2,1H3,(H,15,16);1H/t6-;/m1./s1. The van der Waals surface area contributed by atoms with Gasteiger partial charge in [-0.05, 0) is 30.8 Å². The first-order valence-corrected chi connectivity index (χ1v) is 5.52. The highest BCUT2D eigenvalue weighted by atomic mass is 35.5. The van der Waals surface area contributed by atoms with Gasteiger partial charge in [0.05, 0.1) is 11.7 Å². The lowest BCUT2D eigenvalue weighted by molar-refractivity contribution is -0.117. The van der Waals surface area contributed by atoms with Gasteiger partial charge in [-0.1, -0.05) is 12.1 Å². The summed E-state index contributed by atoms with van der Waals surface area (Å²) < 4.78 is 36.7. The predicted octanol–water partition coefficient (Wildman–Crippen LogP) is 3.01. The van der Waals surface area contributed by atoms with E-state index in [9.17, 15) is 18.0 Å². The monoisotopic (exact) mass is 300 g/mol. The van der Waals surface area contributed by atoms with E-state index in [-0.39, 0.29) is 34.8 Å². The van der Waals surface area contributed by atoms with E-state index in [1.807, 2.05) is 0 Å². The number of benzene rings is 1. The Labute approximate surface area is 113 Å². The van der Waals surface area contributed by atoms with E-state index in [2.05, 4.69) is 5.32 Å².